The summed E-state index contributed by atoms with van der Waals surface area (Å²) in [5.41, 5.74) is 1.30. The van der Waals surface area contributed by atoms with Crippen molar-refractivity contribution < 1.29 is 8.42 Å². The van der Waals surface area contributed by atoms with Gasteiger partial charge in [-0.1, -0.05) is 29.8 Å². The third kappa shape index (κ3) is 2.82. The molecule has 2 aromatic heterocycles. The Morgan fingerprint density at radius 2 is 2.04 bits per heavy atom. The van der Waals surface area contributed by atoms with E-state index in [-0.39, 0.29) is 9.79 Å². The van der Waals surface area contributed by atoms with Crippen molar-refractivity contribution in [1.29, 1.82) is 0 Å². The number of fused-ring (bicyclic) bond motifs is 1. The predicted molar refractivity (Wildman–Crippen MR) is 102 cm³/mol. The lowest BCUT2D eigenvalue weighted by Crippen LogP contribution is -2.27. The van der Waals surface area contributed by atoms with Crippen LogP contribution >= 0.6 is 11.6 Å². The first-order chi connectivity index (χ1) is 12.5. The average Bonchev–Trinajstić information content (AvgIpc) is 3.24. The fraction of sp³-hybridized carbons (Fsp3) is 0.316. The molecule has 26 heavy (non-hydrogen) atoms. The van der Waals surface area contributed by atoms with E-state index in [1.165, 1.54) is 0 Å². The first-order valence-electron chi connectivity index (χ1n) is 8.67. The number of sulfone groups is 1. The number of nitrogens with one attached hydrogen (secondary N) is 1. The molecule has 0 amide bonds. The van der Waals surface area contributed by atoms with Crippen molar-refractivity contribution in [2.45, 2.75) is 42.1 Å². The number of benzene rings is 1. The largest absolute Gasteiger partial charge is 0.327 e. The van der Waals surface area contributed by atoms with E-state index in [1.54, 1.807) is 42.6 Å². The summed E-state index contributed by atoms with van der Waals surface area (Å²) < 4.78 is 28.7. The highest BCUT2D eigenvalue weighted by Gasteiger charge is 2.30. The summed E-state index contributed by atoms with van der Waals surface area (Å²) in [7, 11) is -3.70. The van der Waals surface area contributed by atoms with Gasteiger partial charge in [0.05, 0.1) is 15.3 Å². The highest BCUT2D eigenvalue weighted by Crippen LogP contribution is 2.37. The highest BCUT2D eigenvalue weighted by atomic mass is 35.5. The lowest BCUT2D eigenvalue weighted by Gasteiger charge is -2.14. The molecule has 4 rings (SSSR count). The molecule has 0 saturated carbocycles. The Hall–Kier alpha value is -1.89. The maximum atomic E-state index is 13.4. The van der Waals surface area contributed by atoms with Gasteiger partial charge in [-0.05, 0) is 44.5 Å². The molecule has 1 aliphatic heterocycles. The Bertz CT molecular complexity index is 1060. The van der Waals surface area contributed by atoms with Crippen LogP contribution in [0.3, 0.4) is 0 Å². The smallest absolute Gasteiger partial charge is 0.209 e. The van der Waals surface area contributed by atoms with Gasteiger partial charge in [0.25, 0.3) is 0 Å². The summed E-state index contributed by atoms with van der Waals surface area (Å²) in [4.78, 5) is 4.98. The lowest BCUT2D eigenvalue weighted by molar-refractivity contribution is 0.508. The van der Waals surface area contributed by atoms with Crippen LogP contribution in [0.4, 0.5) is 0 Å². The van der Waals surface area contributed by atoms with Crippen molar-refractivity contribution in [1.82, 2.24) is 14.9 Å². The van der Waals surface area contributed by atoms with E-state index >= 15 is 0 Å². The van der Waals surface area contributed by atoms with Gasteiger partial charge in [0.2, 0.25) is 9.84 Å². The molecule has 0 spiro atoms. The molecule has 1 fully saturated rings. The second-order valence-corrected chi connectivity index (χ2v) is 8.92. The van der Waals surface area contributed by atoms with Gasteiger partial charge in [-0.15, -0.1) is 0 Å². The minimum absolute atomic E-state index is 0.259. The van der Waals surface area contributed by atoms with Gasteiger partial charge in [0.15, 0.2) is 0 Å². The first kappa shape index (κ1) is 17.5. The van der Waals surface area contributed by atoms with Crippen molar-refractivity contribution >= 4 is 32.5 Å². The number of pyridine rings is 1. The van der Waals surface area contributed by atoms with E-state index in [0.717, 1.165) is 19.4 Å². The van der Waals surface area contributed by atoms with Gasteiger partial charge in [0.1, 0.15) is 10.5 Å². The molecule has 5 nitrogen and oxygen atoms in total. The molecule has 0 bridgehead atoms. The van der Waals surface area contributed by atoms with Crippen LogP contribution in [0.2, 0.25) is 5.02 Å². The normalized spacial score (nSPS) is 17.8. The van der Waals surface area contributed by atoms with Gasteiger partial charge < -0.3 is 9.88 Å². The molecule has 0 aliphatic carbocycles. The zero-order chi connectivity index (χ0) is 18.3. The summed E-state index contributed by atoms with van der Waals surface area (Å²) in [5.74, 6) is 0. The molecule has 1 aliphatic rings. The summed E-state index contributed by atoms with van der Waals surface area (Å²) in [6.45, 7) is 3.51. The van der Waals surface area contributed by atoms with E-state index in [4.69, 9.17) is 11.6 Å². The van der Waals surface area contributed by atoms with Crippen LogP contribution < -0.4 is 5.32 Å². The molecule has 3 aromatic rings. The van der Waals surface area contributed by atoms with Crippen LogP contribution in [0.15, 0.2) is 52.4 Å². The molecule has 136 valence electrons. The molecule has 1 saturated heterocycles. The number of nitrogens with zero attached hydrogens (tertiary/aromatic N) is 2. The number of halogens is 1. The van der Waals surface area contributed by atoms with Crippen molar-refractivity contribution in [2.75, 3.05) is 6.54 Å². The van der Waals surface area contributed by atoms with Crippen molar-refractivity contribution in [2.24, 2.45) is 0 Å². The number of rotatable bonds is 4. The second kappa shape index (κ2) is 6.68. The molecule has 1 N–H and O–H groups in total. The van der Waals surface area contributed by atoms with Gasteiger partial charge in [-0.3, -0.25) is 0 Å². The van der Waals surface area contributed by atoms with Crippen LogP contribution in [0.5, 0.6) is 0 Å². The summed E-state index contributed by atoms with van der Waals surface area (Å²) in [6, 6.07) is 10.4. The highest BCUT2D eigenvalue weighted by molar-refractivity contribution is 7.91. The fourth-order valence-electron chi connectivity index (χ4n) is 3.71. The molecule has 3 heterocycles. The SMILES string of the molecule is Cc1c(S(=O)(=O)c2ccccc2)c2c(Cl)ccnc2n1CC1CCCN1. The third-order valence-electron chi connectivity index (χ3n) is 4.98. The standard InChI is InChI=1S/C19H20ClN3O2S/c1-13-18(26(24,25)15-7-3-2-4-8-15)17-16(20)9-11-22-19(17)23(13)12-14-6-5-10-21-14/h2-4,7-9,11,14,21H,5-6,10,12H2,1H3. The number of hydrogen-bond acceptors (Lipinski definition) is 4. The predicted octanol–water partition coefficient (Wildman–Crippen LogP) is 3.58. The van der Waals surface area contributed by atoms with Gasteiger partial charge in [-0.2, -0.15) is 0 Å². The third-order valence-corrected chi connectivity index (χ3v) is 7.23. The fourth-order valence-corrected chi connectivity index (χ4v) is 5.72. The average molecular weight is 390 g/mol. The maximum absolute atomic E-state index is 13.4. The minimum Gasteiger partial charge on any atom is -0.327 e. The first-order valence-corrected chi connectivity index (χ1v) is 10.5. The molecule has 1 unspecified atom stereocenters. The second-order valence-electron chi connectivity index (χ2n) is 6.63. The van der Waals surface area contributed by atoms with Crippen LogP contribution in [-0.2, 0) is 16.4 Å². The number of hydrogen-bond donors (Lipinski definition) is 1. The minimum atomic E-state index is -3.70. The van der Waals surface area contributed by atoms with Crippen LogP contribution in [0, 0.1) is 6.92 Å². The molecular weight excluding hydrogens is 370 g/mol. The molecular formula is C19H20ClN3O2S. The summed E-state index contributed by atoms with van der Waals surface area (Å²) in [5, 5.41) is 4.38. The Balaban J connectivity index is 1.96. The van der Waals surface area contributed by atoms with Gasteiger partial charge >= 0.3 is 0 Å². The van der Waals surface area contributed by atoms with E-state index in [1.807, 2.05) is 11.5 Å². The van der Waals surface area contributed by atoms with Gasteiger partial charge in [0, 0.05) is 24.5 Å². The quantitative estimate of drug-likeness (QED) is 0.740. The van der Waals surface area contributed by atoms with Gasteiger partial charge in [-0.25, -0.2) is 13.4 Å². The Morgan fingerprint density at radius 3 is 2.73 bits per heavy atom. The van der Waals surface area contributed by atoms with E-state index in [0.29, 0.717) is 34.3 Å². The van der Waals surface area contributed by atoms with E-state index < -0.39 is 9.84 Å². The van der Waals surface area contributed by atoms with Crippen molar-refractivity contribution in [3.63, 3.8) is 0 Å². The summed E-state index contributed by atoms with van der Waals surface area (Å²) >= 11 is 6.42. The van der Waals surface area contributed by atoms with Crippen LogP contribution in [0.1, 0.15) is 18.5 Å². The number of aromatic nitrogens is 2. The molecule has 1 aromatic carbocycles. The monoisotopic (exact) mass is 389 g/mol. The van der Waals surface area contributed by atoms with E-state index in [9.17, 15) is 8.42 Å². The molecule has 0 radical (unpaired) electrons. The zero-order valence-corrected chi connectivity index (χ0v) is 16.0. The Labute approximate surface area is 157 Å². The Kier molecular flexibility index (Phi) is 4.50. The maximum Gasteiger partial charge on any atom is 0.209 e. The Morgan fingerprint density at radius 1 is 1.27 bits per heavy atom. The van der Waals surface area contributed by atoms with Crippen molar-refractivity contribution in [3.8, 4) is 0 Å². The topological polar surface area (TPSA) is 64.0 Å². The van der Waals surface area contributed by atoms with Crippen LogP contribution in [-0.4, -0.2) is 30.6 Å². The lowest BCUT2D eigenvalue weighted by atomic mass is 10.2. The molecule has 7 heteroatoms. The van der Waals surface area contributed by atoms with Crippen LogP contribution in [0.25, 0.3) is 11.0 Å². The van der Waals surface area contributed by atoms with Crippen molar-refractivity contribution in [3.05, 3.63) is 53.3 Å². The zero-order valence-electron chi connectivity index (χ0n) is 14.4. The summed E-state index contributed by atoms with van der Waals surface area (Å²) in [6.07, 6.45) is 3.83. The van der Waals surface area contributed by atoms with E-state index in [2.05, 4.69) is 10.3 Å². The molecule has 1 atom stereocenters.